The van der Waals surface area contributed by atoms with Crippen molar-refractivity contribution in [1.29, 1.82) is 0 Å². The van der Waals surface area contributed by atoms with Crippen molar-refractivity contribution in [2.45, 2.75) is 0 Å². The third-order valence-corrected chi connectivity index (χ3v) is 11.0. The van der Waals surface area contributed by atoms with E-state index < -0.39 is 0 Å². The number of anilines is 3. The molecule has 55 heavy (non-hydrogen) atoms. The van der Waals surface area contributed by atoms with Crippen LogP contribution in [0.2, 0.25) is 0 Å². The van der Waals surface area contributed by atoms with Crippen LogP contribution in [0.4, 0.5) is 17.1 Å². The maximum Gasteiger partial charge on any atom is 0.137 e. The fourth-order valence-corrected chi connectivity index (χ4v) is 8.49. The van der Waals surface area contributed by atoms with E-state index in [4.69, 9.17) is 4.42 Å². The Hall–Kier alpha value is -7.36. The van der Waals surface area contributed by atoms with Crippen molar-refractivity contribution in [3.05, 3.63) is 206 Å². The highest BCUT2D eigenvalue weighted by atomic mass is 16.3. The van der Waals surface area contributed by atoms with Crippen LogP contribution >= 0.6 is 0 Å². The number of para-hydroxylation sites is 4. The van der Waals surface area contributed by atoms with Crippen LogP contribution in [0, 0.1) is 0 Å². The summed E-state index contributed by atoms with van der Waals surface area (Å²) < 4.78 is 8.86. The van der Waals surface area contributed by atoms with Crippen molar-refractivity contribution in [1.82, 2.24) is 4.57 Å². The second kappa shape index (κ2) is 12.6. The van der Waals surface area contributed by atoms with E-state index in [1.165, 1.54) is 38.1 Å². The minimum absolute atomic E-state index is 0.863. The van der Waals surface area contributed by atoms with E-state index in [-0.39, 0.29) is 0 Å². The third-order valence-electron chi connectivity index (χ3n) is 11.0. The van der Waals surface area contributed by atoms with Crippen molar-refractivity contribution < 1.29 is 4.42 Å². The first-order valence-electron chi connectivity index (χ1n) is 18.8. The number of hydrogen-bond acceptors (Lipinski definition) is 2. The lowest BCUT2D eigenvalue weighted by Crippen LogP contribution is -2.11. The van der Waals surface area contributed by atoms with Gasteiger partial charge in [0.05, 0.1) is 16.7 Å². The number of hydrogen-bond donors (Lipinski definition) is 0. The van der Waals surface area contributed by atoms with E-state index in [2.05, 4.69) is 204 Å². The summed E-state index contributed by atoms with van der Waals surface area (Å²) in [4.78, 5) is 2.37. The summed E-state index contributed by atoms with van der Waals surface area (Å²) in [5.41, 5.74) is 13.1. The summed E-state index contributed by atoms with van der Waals surface area (Å²) in [5.74, 6) is 0. The maximum atomic E-state index is 6.45. The molecular weight excluding hydrogens is 669 g/mol. The minimum Gasteiger partial charge on any atom is -0.456 e. The molecule has 0 unspecified atom stereocenters. The highest BCUT2D eigenvalue weighted by Crippen LogP contribution is 2.44. The number of nitrogens with zero attached hydrogens (tertiary/aromatic N) is 2. The molecule has 0 saturated carbocycles. The van der Waals surface area contributed by atoms with Gasteiger partial charge in [-0.05, 0) is 88.1 Å². The van der Waals surface area contributed by atoms with Gasteiger partial charge in [0, 0.05) is 50.2 Å². The molecule has 0 amide bonds. The van der Waals surface area contributed by atoms with Crippen LogP contribution in [0.5, 0.6) is 0 Å². The largest absolute Gasteiger partial charge is 0.456 e. The Morgan fingerprint density at radius 3 is 1.80 bits per heavy atom. The average molecular weight is 703 g/mol. The first-order valence-corrected chi connectivity index (χ1v) is 18.8. The molecule has 0 radical (unpaired) electrons. The zero-order valence-corrected chi connectivity index (χ0v) is 29.9. The van der Waals surface area contributed by atoms with Gasteiger partial charge in [-0.2, -0.15) is 0 Å². The molecule has 0 fully saturated rings. The molecule has 2 aromatic heterocycles. The van der Waals surface area contributed by atoms with E-state index in [1.54, 1.807) is 0 Å². The molecule has 0 aliphatic rings. The number of benzene rings is 9. The first-order chi connectivity index (χ1) is 27.3. The molecular formula is C52H34N2O. The summed E-state index contributed by atoms with van der Waals surface area (Å²) >= 11 is 0. The lowest BCUT2D eigenvalue weighted by Gasteiger charge is -2.28. The standard InChI is InChI=1S/C52H34N2O/c1-2-15-35(16-3-1)42-21-6-10-25-48(42)53(39-29-30-46-45-24-9-13-28-51(45)55-52(46)34-39)38-19-14-18-37(31-38)47-33-40(32-36-17-4-5-20-41(36)47)54-49-26-11-7-22-43(49)44-23-8-12-27-50(44)54/h1-34H. The smallest absolute Gasteiger partial charge is 0.137 e. The number of fused-ring (bicyclic) bond motifs is 7. The van der Waals surface area contributed by atoms with E-state index >= 15 is 0 Å². The van der Waals surface area contributed by atoms with Gasteiger partial charge in [0.15, 0.2) is 0 Å². The normalized spacial score (nSPS) is 11.6. The molecule has 0 saturated heterocycles. The number of aromatic nitrogens is 1. The molecule has 11 rings (SSSR count). The molecule has 0 atom stereocenters. The quantitative estimate of drug-likeness (QED) is 0.172. The lowest BCUT2D eigenvalue weighted by atomic mass is 9.96. The topological polar surface area (TPSA) is 21.3 Å². The predicted octanol–water partition coefficient (Wildman–Crippen LogP) is 14.6. The fraction of sp³-hybridized carbons (Fsp3) is 0. The Bertz CT molecular complexity index is 3170. The van der Waals surface area contributed by atoms with Crippen LogP contribution in [0.15, 0.2) is 211 Å². The van der Waals surface area contributed by atoms with Crippen LogP contribution in [0.1, 0.15) is 0 Å². The van der Waals surface area contributed by atoms with Gasteiger partial charge in [-0.25, -0.2) is 0 Å². The van der Waals surface area contributed by atoms with Gasteiger partial charge in [-0.1, -0.05) is 140 Å². The van der Waals surface area contributed by atoms with Gasteiger partial charge in [0.2, 0.25) is 0 Å². The monoisotopic (exact) mass is 702 g/mol. The highest BCUT2D eigenvalue weighted by molar-refractivity contribution is 6.10. The Balaban J connectivity index is 1.14. The summed E-state index contributed by atoms with van der Waals surface area (Å²) in [6.07, 6.45) is 0. The molecule has 258 valence electrons. The molecule has 3 heteroatoms. The molecule has 2 heterocycles. The fourth-order valence-electron chi connectivity index (χ4n) is 8.49. The van der Waals surface area contributed by atoms with E-state index in [1.807, 2.05) is 12.1 Å². The van der Waals surface area contributed by atoms with Gasteiger partial charge in [0.25, 0.3) is 0 Å². The van der Waals surface area contributed by atoms with Crippen molar-refractivity contribution in [3.63, 3.8) is 0 Å². The maximum absolute atomic E-state index is 6.45. The van der Waals surface area contributed by atoms with E-state index in [0.717, 1.165) is 61.4 Å². The van der Waals surface area contributed by atoms with Crippen molar-refractivity contribution in [3.8, 4) is 27.9 Å². The Kier molecular flexibility index (Phi) is 7.17. The van der Waals surface area contributed by atoms with Crippen LogP contribution in [0.3, 0.4) is 0 Å². The Morgan fingerprint density at radius 1 is 0.364 bits per heavy atom. The van der Waals surface area contributed by atoms with Gasteiger partial charge in [-0.15, -0.1) is 0 Å². The summed E-state index contributed by atoms with van der Waals surface area (Å²) in [7, 11) is 0. The van der Waals surface area contributed by atoms with Crippen LogP contribution in [-0.2, 0) is 0 Å². The van der Waals surface area contributed by atoms with Gasteiger partial charge in [-0.3, -0.25) is 0 Å². The Labute approximate surface area is 318 Å². The van der Waals surface area contributed by atoms with Crippen molar-refractivity contribution in [2.75, 3.05) is 4.90 Å². The van der Waals surface area contributed by atoms with Crippen LogP contribution < -0.4 is 4.90 Å². The van der Waals surface area contributed by atoms with E-state index in [9.17, 15) is 0 Å². The van der Waals surface area contributed by atoms with Gasteiger partial charge >= 0.3 is 0 Å². The minimum atomic E-state index is 0.863. The molecule has 0 bridgehead atoms. The second-order valence-electron chi connectivity index (χ2n) is 14.1. The predicted molar refractivity (Wildman–Crippen MR) is 231 cm³/mol. The molecule has 0 aliphatic heterocycles. The Morgan fingerprint density at radius 2 is 0.982 bits per heavy atom. The number of furan rings is 1. The molecule has 0 aliphatic carbocycles. The average Bonchev–Trinajstić information content (AvgIpc) is 3.79. The summed E-state index contributed by atoms with van der Waals surface area (Å²) in [6.45, 7) is 0. The lowest BCUT2D eigenvalue weighted by molar-refractivity contribution is 0.669. The third kappa shape index (κ3) is 5.13. The summed E-state index contributed by atoms with van der Waals surface area (Å²) in [6, 6.07) is 74.0. The van der Waals surface area contributed by atoms with Crippen molar-refractivity contribution in [2.24, 2.45) is 0 Å². The van der Waals surface area contributed by atoms with Crippen LogP contribution in [0.25, 0.3) is 82.5 Å². The number of rotatable bonds is 6. The van der Waals surface area contributed by atoms with Gasteiger partial charge in [0.1, 0.15) is 11.2 Å². The summed E-state index contributed by atoms with van der Waals surface area (Å²) in [5, 5.41) is 7.15. The molecule has 3 nitrogen and oxygen atoms in total. The molecule has 11 aromatic rings. The SMILES string of the molecule is c1ccc(-c2ccccc2N(c2cccc(-c3cc(-n4c5ccccc5c5ccccc54)cc4ccccc34)c2)c2ccc3c(c2)oc2ccccc23)cc1. The second-order valence-corrected chi connectivity index (χ2v) is 14.1. The molecule has 0 N–H and O–H groups in total. The molecule has 9 aromatic carbocycles. The highest BCUT2D eigenvalue weighted by Gasteiger charge is 2.20. The van der Waals surface area contributed by atoms with Crippen molar-refractivity contribution >= 4 is 71.6 Å². The molecule has 0 spiro atoms. The van der Waals surface area contributed by atoms with Gasteiger partial charge < -0.3 is 13.9 Å². The zero-order valence-electron chi connectivity index (χ0n) is 29.9. The first kappa shape index (κ1) is 31.2. The van der Waals surface area contributed by atoms with Crippen LogP contribution in [-0.4, -0.2) is 4.57 Å². The van der Waals surface area contributed by atoms with E-state index in [0.29, 0.717) is 0 Å². The zero-order chi connectivity index (χ0) is 36.3.